The normalized spacial score (nSPS) is 12.8. The Balaban J connectivity index is 1.84. The number of nitrogens with zero attached hydrogens (tertiary/aromatic N) is 3. The monoisotopic (exact) mass is 312 g/mol. The first kappa shape index (κ1) is 12.7. The van der Waals surface area contributed by atoms with Crippen molar-refractivity contribution in [2.45, 2.75) is 6.04 Å². The van der Waals surface area contributed by atoms with E-state index in [-0.39, 0.29) is 6.04 Å². The summed E-state index contributed by atoms with van der Waals surface area (Å²) in [6, 6.07) is 11.9. The van der Waals surface area contributed by atoms with Gasteiger partial charge in [-0.05, 0) is 35.0 Å². The van der Waals surface area contributed by atoms with Crippen LogP contribution < -0.4 is 5.73 Å². The molecule has 4 heterocycles. The van der Waals surface area contributed by atoms with Gasteiger partial charge in [-0.2, -0.15) is 5.10 Å². The molecule has 104 valence electrons. The highest BCUT2D eigenvalue weighted by Gasteiger charge is 2.14. The Hall–Kier alpha value is -2.02. The third kappa shape index (κ3) is 2.17. The molecular formula is C15H12N4S2. The Morgan fingerprint density at radius 1 is 1.05 bits per heavy atom. The quantitative estimate of drug-likeness (QED) is 0.629. The van der Waals surface area contributed by atoms with Gasteiger partial charge in [0.15, 0.2) is 5.65 Å². The number of hydrogen-bond acceptors (Lipinski definition) is 5. The highest BCUT2D eigenvalue weighted by Crippen LogP contribution is 2.27. The molecule has 0 spiro atoms. The smallest absolute Gasteiger partial charge is 0.154 e. The molecule has 4 nitrogen and oxygen atoms in total. The zero-order chi connectivity index (χ0) is 14.2. The van der Waals surface area contributed by atoms with Crippen molar-refractivity contribution in [3.63, 3.8) is 0 Å². The molecule has 1 unspecified atom stereocenters. The maximum Gasteiger partial charge on any atom is 0.154 e. The summed E-state index contributed by atoms with van der Waals surface area (Å²) in [7, 11) is 0. The number of aromatic nitrogens is 3. The second kappa shape index (κ2) is 5.07. The molecule has 0 fully saturated rings. The van der Waals surface area contributed by atoms with Crippen LogP contribution in [0.4, 0.5) is 0 Å². The van der Waals surface area contributed by atoms with Crippen LogP contribution in [0.25, 0.3) is 16.2 Å². The predicted octanol–water partition coefficient (Wildman–Crippen LogP) is 3.57. The Kier molecular flexibility index (Phi) is 3.07. The van der Waals surface area contributed by atoms with Crippen molar-refractivity contribution in [3.8, 4) is 10.6 Å². The van der Waals surface area contributed by atoms with Crippen LogP contribution in [0.15, 0.2) is 53.4 Å². The molecule has 0 aromatic carbocycles. The molecule has 0 amide bonds. The summed E-state index contributed by atoms with van der Waals surface area (Å²) in [6.45, 7) is 0. The molecule has 6 heteroatoms. The van der Waals surface area contributed by atoms with Crippen molar-refractivity contribution in [1.82, 2.24) is 14.6 Å². The molecule has 0 saturated heterocycles. The van der Waals surface area contributed by atoms with Crippen LogP contribution in [-0.4, -0.2) is 14.6 Å². The minimum atomic E-state index is -0.201. The second-order valence-electron chi connectivity index (χ2n) is 4.64. The van der Waals surface area contributed by atoms with Crippen LogP contribution in [0.5, 0.6) is 0 Å². The van der Waals surface area contributed by atoms with E-state index < -0.39 is 0 Å². The summed E-state index contributed by atoms with van der Waals surface area (Å²) in [5, 5.41) is 8.77. The zero-order valence-electron chi connectivity index (χ0n) is 11.0. The van der Waals surface area contributed by atoms with Crippen molar-refractivity contribution in [3.05, 3.63) is 63.9 Å². The largest absolute Gasteiger partial charge is 0.318 e. The van der Waals surface area contributed by atoms with Gasteiger partial charge in [0, 0.05) is 4.88 Å². The molecule has 0 saturated carbocycles. The lowest BCUT2D eigenvalue weighted by Crippen LogP contribution is -2.13. The zero-order valence-corrected chi connectivity index (χ0v) is 12.6. The van der Waals surface area contributed by atoms with Crippen LogP contribution in [0.3, 0.4) is 0 Å². The topological polar surface area (TPSA) is 56.2 Å². The average Bonchev–Trinajstić information content (AvgIpc) is 3.25. The molecule has 0 bridgehead atoms. The number of thiophene rings is 2. The summed E-state index contributed by atoms with van der Waals surface area (Å²) in [5.41, 5.74) is 8.99. The molecular weight excluding hydrogens is 300 g/mol. The van der Waals surface area contributed by atoms with Crippen molar-refractivity contribution in [2.24, 2.45) is 5.73 Å². The minimum absolute atomic E-state index is 0.201. The van der Waals surface area contributed by atoms with Gasteiger partial charge < -0.3 is 5.73 Å². The number of fused-ring (bicyclic) bond motifs is 1. The molecule has 4 rings (SSSR count). The van der Waals surface area contributed by atoms with E-state index in [1.807, 2.05) is 46.4 Å². The lowest BCUT2D eigenvalue weighted by atomic mass is 10.2. The standard InChI is InChI=1S/C15H12N4S2/c16-15(13-4-2-8-21-13)10-5-6-14-17-9-11(19(14)18-10)12-3-1-7-20-12/h1-9,15H,16H2. The first-order chi connectivity index (χ1) is 10.3. The van der Waals surface area contributed by atoms with Gasteiger partial charge in [0.05, 0.1) is 22.8 Å². The van der Waals surface area contributed by atoms with E-state index >= 15 is 0 Å². The van der Waals surface area contributed by atoms with Crippen LogP contribution in [0.1, 0.15) is 16.6 Å². The first-order valence-electron chi connectivity index (χ1n) is 6.50. The average molecular weight is 312 g/mol. The van der Waals surface area contributed by atoms with Gasteiger partial charge in [0.25, 0.3) is 0 Å². The number of nitrogens with two attached hydrogens (primary N) is 1. The molecule has 21 heavy (non-hydrogen) atoms. The fraction of sp³-hybridized carbons (Fsp3) is 0.0667. The summed E-state index contributed by atoms with van der Waals surface area (Å²) >= 11 is 3.32. The van der Waals surface area contributed by atoms with Gasteiger partial charge in [-0.15, -0.1) is 22.7 Å². The number of imidazole rings is 1. The lowest BCUT2D eigenvalue weighted by Gasteiger charge is -2.09. The van der Waals surface area contributed by atoms with Gasteiger partial charge in [0.1, 0.15) is 5.69 Å². The highest BCUT2D eigenvalue weighted by molar-refractivity contribution is 7.13. The summed E-state index contributed by atoms with van der Waals surface area (Å²) in [4.78, 5) is 6.67. The molecule has 0 radical (unpaired) electrons. The number of hydrogen-bond donors (Lipinski definition) is 1. The van der Waals surface area contributed by atoms with Crippen molar-refractivity contribution < 1.29 is 0 Å². The van der Waals surface area contributed by atoms with E-state index in [0.717, 1.165) is 26.8 Å². The van der Waals surface area contributed by atoms with Gasteiger partial charge in [0.2, 0.25) is 0 Å². The fourth-order valence-corrected chi connectivity index (χ4v) is 3.72. The molecule has 1 atom stereocenters. The molecule has 2 N–H and O–H groups in total. The van der Waals surface area contributed by atoms with Crippen LogP contribution >= 0.6 is 22.7 Å². The van der Waals surface area contributed by atoms with Crippen LogP contribution in [-0.2, 0) is 0 Å². The van der Waals surface area contributed by atoms with Gasteiger partial charge in [-0.25, -0.2) is 9.50 Å². The molecule has 4 aromatic heterocycles. The first-order valence-corrected chi connectivity index (χ1v) is 8.26. The predicted molar refractivity (Wildman–Crippen MR) is 86.6 cm³/mol. The van der Waals surface area contributed by atoms with Gasteiger partial charge in [-0.3, -0.25) is 0 Å². The van der Waals surface area contributed by atoms with Crippen LogP contribution in [0.2, 0.25) is 0 Å². The van der Waals surface area contributed by atoms with E-state index in [2.05, 4.69) is 21.5 Å². The second-order valence-corrected chi connectivity index (χ2v) is 6.57. The van der Waals surface area contributed by atoms with Gasteiger partial charge in [-0.1, -0.05) is 12.1 Å². The third-order valence-corrected chi connectivity index (χ3v) is 5.17. The summed E-state index contributed by atoms with van der Waals surface area (Å²) in [5.74, 6) is 0. The van der Waals surface area contributed by atoms with E-state index in [0.29, 0.717) is 0 Å². The maximum absolute atomic E-state index is 6.31. The molecule has 0 aliphatic carbocycles. The maximum atomic E-state index is 6.31. The Bertz CT molecular complexity index is 863. The lowest BCUT2D eigenvalue weighted by molar-refractivity contribution is 0.783. The molecule has 0 aliphatic rings. The SMILES string of the molecule is NC(c1ccc2ncc(-c3cccs3)n2n1)c1cccs1. The van der Waals surface area contributed by atoms with E-state index in [4.69, 9.17) is 5.73 Å². The Labute approximate surface area is 129 Å². The Morgan fingerprint density at radius 3 is 2.67 bits per heavy atom. The summed E-state index contributed by atoms with van der Waals surface area (Å²) < 4.78 is 1.87. The van der Waals surface area contributed by atoms with Crippen molar-refractivity contribution >= 4 is 28.3 Å². The summed E-state index contributed by atoms with van der Waals surface area (Å²) in [6.07, 6.45) is 1.86. The van der Waals surface area contributed by atoms with E-state index in [9.17, 15) is 0 Å². The Morgan fingerprint density at radius 2 is 1.90 bits per heavy atom. The van der Waals surface area contributed by atoms with E-state index in [1.165, 1.54) is 0 Å². The van der Waals surface area contributed by atoms with Crippen LogP contribution in [0, 0.1) is 0 Å². The third-order valence-electron chi connectivity index (χ3n) is 3.32. The highest BCUT2D eigenvalue weighted by atomic mass is 32.1. The molecule has 0 aliphatic heterocycles. The minimum Gasteiger partial charge on any atom is -0.318 e. The van der Waals surface area contributed by atoms with Gasteiger partial charge >= 0.3 is 0 Å². The number of rotatable bonds is 3. The van der Waals surface area contributed by atoms with Crippen molar-refractivity contribution in [1.29, 1.82) is 0 Å². The van der Waals surface area contributed by atoms with E-state index in [1.54, 1.807) is 22.7 Å². The fourth-order valence-electron chi connectivity index (χ4n) is 2.26. The molecule has 4 aromatic rings. The van der Waals surface area contributed by atoms with Crippen molar-refractivity contribution in [2.75, 3.05) is 0 Å².